The lowest BCUT2D eigenvalue weighted by Gasteiger charge is -2.07. The molecule has 32 heavy (non-hydrogen) atoms. The molecule has 0 fully saturated rings. The van der Waals surface area contributed by atoms with E-state index in [1.54, 1.807) is 29.2 Å². The number of para-hydroxylation sites is 2. The van der Waals surface area contributed by atoms with E-state index in [0.717, 1.165) is 22.2 Å². The van der Waals surface area contributed by atoms with Gasteiger partial charge >= 0.3 is 0 Å². The summed E-state index contributed by atoms with van der Waals surface area (Å²) < 4.78 is 16.8. The minimum atomic E-state index is -0.272. The molecule has 0 unspecified atom stereocenters. The van der Waals surface area contributed by atoms with Gasteiger partial charge < -0.3 is 9.88 Å². The summed E-state index contributed by atoms with van der Waals surface area (Å²) in [6.45, 7) is 1.17. The molecule has 158 valence electrons. The van der Waals surface area contributed by atoms with Crippen molar-refractivity contribution in [3.05, 3.63) is 114 Å². The topological polar surface area (TPSA) is 64.7 Å². The summed E-state index contributed by atoms with van der Waals surface area (Å²) in [6.07, 6.45) is 5.18. The number of benzene rings is 3. The number of carbonyl (C=O) groups is 1. The molecule has 2 heterocycles. The van der Waals surface area contributed by atoms with E-state index in [0.29, 0.717) is 24.3 Å². The fourth-order valence-electron chi connectivity index (χ4n) is 3.59. The molecule has 0 atom stereocenters. The van der Waals surface area contributed by atoms with Crippen molar-refractivity contribution in [2.24, 2.45) is 0 Å². The van der Waals surface area contributed by atoms with Crippen molar-refractivity contribution in [2.75, 3.05) is 5.32 Å². The Morgan fingerprint density at radius 2 is 1.62 bits per heavy atom. The molecule has 0 radical (unpaired) electrons. The number of halogens is 1. The van der Waals surface area contributed by atoms with Crippen LogP contribution in [0.15, 0.2) is 91.5 Å². The molecule has 3 aromatic carbocycles. The van der Waals surface area contributed by atoms with Crippen LogP contribution >= 0.6 is 0 Å². The number of imidazole rings is 1. The maximum Gasteiger partial charge on any atom is 0.255 e. The Bertz CT molecular complexity index is 1370. The number of anilines is 1. The van der Waals surface area contributed by atoms with E-state index >= 15 is 0 Å². The lowest BCUT2D eigenvalue weighted by molar-refractivity contribution is 0.102. The fraction of sp³-hybridized carbons (Fsp3) is 0.0800. The molecule has 0 saturated carbocycles. The summed E-state index contributed by atoms with van der Waals surface area (Å²) in [7, 11) is 0. The highest BCUT2D eigenvalue weighted by Gasteiger charge is 2.09. The largest absolute Gasteiger partial charge is 0.326 e. The van der Waals surface area contributed by atoms with Crippen molar-refractivity contribution in [3.8, 4) is 0 Å². The molecule has 0 saturated heterocycles. The van der Waals surface area contributed by atoms with E-state index in [1.165, 1.54) is 12.1 Å². The molecule has 2 aromatic heterocycles. The zero-order valence-electron chi connectivity index (χ0n) is 17.1. The summed E-state index contributed by atoms with van der Waals surface area (Å²) in [5.74, 6) is -0.475. The van der Waals surface area contributed by atoms with Crippen LogP contribution in [0.25, 0.3) is 11.0 Å². The molecule has 1 N–H and O–H groups in total. The van der Waals surface area contributed by atoms with E-state index in [9.17, 15) is 9.18 Å². The number of nitrogens with one attached hydrogen (secondary N) is 1. The number of fused-ring (bicyclic) bond motifs is 1. The SMILES string of the molecule is O=C(Nc1cnn(Cc2ccc(F)cc2)c1)c1ccc(Cn2cnc3ccccc32)cc1. The standard InChI is InChI=1S/C25H20FN5O/c26-21-11-7-19(8-12-21)15-31-16-22(13-28-31)29-25(32)20-9-5-18(6-10-20)14-30-17-27-23-3-1-2-4-24(23)30/h1-13,16-17H,14-15H2,(H,29,32). The normalized spacial score (nSPS) is 11.0. The maximum absolute atomic E-state index is 13.0. The zero-order chi connectivity index (χ0) is 21.9. The molecule has 0 aliphatic rings. The number of hydrogen-bond donors (Lipinski definition) is 1. The van der Waals surface area contributed by atoms with Crippen LogP contribution in [-0.2, 0) is 13.1 Å². The third-order valence-electron chi connectivity index (χ3n) is 5.25. The molecular weight excluding hydrogens is 405 g/mol. The number of rotatable bonds is 6. The van der Waals surface area contributed by atoms with E-state index in [-0.39, 0.29) is 11.7 Å². The van der Waals surface area contributed by atoms with Gasteiger partial charge in [0.1, 0.15) is 5.82 Å². The van der Waals surface area contributed by atoms with Gasteiger partial charge in [-0.3, -0.25) is 9.48 Å². The van der Waals surface area contributed by atoms with E-state index < -0.39 is 0 Å². The summed E-state index contributed by atoms with van der Waals surface area (Å²) in [5, 5.41) is 7.13. The van der Waals surface area contributed by atoms with Crippen molar-refractivity contribution in [2.45, 2.75) is 13.1 Å². The van der Waals surface area contributed by atoms with Crippen LogP contribution in [0.3, 0.4) is 0 Å². The average molecular weight is 425 g/mol. The first-order valence-corrected chi connectivity index (χ1v) is 10.2. The molecular formula is C25H20FN5O. The zero-order valence-corrected chi connectivity index (χ0v) is 17.1. The molecule has 7 heteroatoms. The van der Waals surface area contributed by atoms with E-state index in [4.69, 9.17) is 0 Å². The minimum absolute atomic E-state index is 0.203. The Morgan fingerprint density at radius 1 is 0.906 bits per heavy atom. The van der Waals surface area contributed by atoms with Crippen LogP contribution in [0.2, 0.25) is 0 Å². The third-order valence-corrected chi connectivity index (χ3v) is 5.25. The van der Waals surface area contributed by atoms with Gasteiger partial charge in [-0.1, -0.05) is 36.4 Å². The van der Waals surface area contributed by atoms with Gasteiger partial charge in [0.05, 0.1) is 35.8 Å². The first-order chi connectivity index (χ1) is 15.6. The highest BCUT2D eigenvalue weighted by Crippen LogP contribution is 2.16. The van der Waals surface area contributed by atoms with Gasteiger partial charge in [-0.25, -0.2) is 9.37 Å². The number of aromatic nitrogens is 4. The smallest absolute Gasteiger partial charge is 0.255 e. The molecule has 0 spiro atoms. The summed E-state index contributed by atoms with van der Waals surface area (Å²) in [6, 6.07) is 21.8. The minimum Gasteiger partial charge on any atom is -0.326 e. The number of carbonyl (C=O) groups excluding carboxylic acids is 1. The Balaban J connectivity index is 1.22. The Kier molecular flexibility index (Phi) is 5.21. The van der Waals surface area contributed by atoms with E-state index in [2.05, 4.69) is 20.0 Å². The molecule has 1 amide bonds. The fourth-order valence-corrected chi connectivity index (χ4v) is 3.59. The predicted octanol–water partition coefficient (Wildman–Crippen LogP) is 4.72. The van der Waals surface area contributed by atoms with Crippen molar-refractivity contribution >= 4 is 22.6 Å². The maximum atomic E-state index is 13.0. The van der Waals surface area contributed by atoms with Gasteiger partial charge in [0.25, 0.3) is 5.91 Å². The summed E-state index contributed by atoms with van der Waals surface area (Å²) >= 11 is 0. The van der Waals surface area contributed by atoms with Crippen LogP contribution in [0.4, 0.5) is 10.1 Å². The summed E-state index contributed by atoms with van der Waals surface area (Å²) in [5.41, 5.74) is 5.21. The van der Waals surface area contributed by atoms with Crippen molar-refractivity contribution in [3.63, 3.8) is 0 Å². The lowest BCUT2D eigenvalue weighted by atomic mass is 10.1. The molecule has 0 bridgehead atoms. The quantitative estimate of drug-likeness (QED) is 0.428. The van der Waals surface area contributed by atoms with Crippen LogP contribution in [0.1, 0.15) is 21.5 Å². The predicted molar refractivity (Wildman–Crippen MR) is 121 cm³/mol. The van der Waals surface area contributed by atoms with Crippen molar-refractivity contribution < 1.29 is 9.18 Å². The van der Waals surface area contributed by atoms with Gasteiger partial charge in [0, 0.05) is 18.3 Å². The first-order valence-electron chi connectivity index (χ1n) is 10.2. The van der Waals surface area contributed by atoms with Gasteiger partial charge in [-0.2, -0.15) is 5.10 Å². The van der Waals surface area contributed by atoms with Crippen molar-refractivity contribution in [1.82, 2.24) is 19.3 Å². The molecule has 5 rings (SSSR count). The number of hydrogen-bond acceptors (Lipinski definition) is 3. The van der Waals surface area contributed by atoms with Crippen LogP contribution in [0.5, 0.6) is 0 Å². The van der Waals surface area contributed by atoms with Gasteiger partial charge in [0.2, 0.25) is 0 Å². The molecule has 0 aliphatic heterocycles. The number of amides is 1. The second-order valence-electron chi connectivity index (χ2n) is 7.57. The van der Waals surface area contributed by atoms with Gasteiger partial charge in [-0.15, -0.1) is 0 Å². The van der Waals surface area contributed by atoms with Crippen LogP contribution in [0, 0.1) is 5.82 Å². The molecule has 6 nitrogen and oxygen atoms in total. The average Bonchev–Trinajstić information content (AvgIpc) is 3.43. The van der Waals surface area contributed by atoms with Crippen LogP contribution in [-0.4, -0.2) is 25.2 Å². The summed E-state index contributed by atoms with van der Waals surface area (Å²) in [4.78, 5) is 17.0. The van der Waals surface area contributed by atoms with Gasteiger partial charge in [0.15, 0.2) is 0 Å². The van der Waals surface area contributed by atoms with Gasteiger partial charge in [-0.05, 0) is 47.5 Å². The monoisotopic (exact) mass is 425 g/mol. The molecule has 5 aromatic rings. The van der Waals surface area contributed by atoms with Crippen molar-refractivity contribution in [1.29, 1.82) is 0 Å². The highest BCUT2D eigenvalue weighted by molar-refractivity contribution is 6.04. The Morgan fingerprint density at radius 3 is 2.44 bits per heavy atom. The lowest BCUT2D eigenvalue weighted by Crippen LogP contribution is -2.11. The van der Waals surface area contributed by atoms with Crippen LogP contribution < -0.4 is 5.32 Å². The number of nitrogens with zero attached hydrogens (tertiary/aromatic N) is 4. The second kappa shape index (κ2) is 8.47. The molecule has 0 aliphatic carbocycles. The first kappa shape index (κ1) is 19.7. The third kappa shape index (κ3) is 4.27. The Labute approximate surface area is 184 Å². The Hall–Kier alpha value is -4.26. The second-order valence-corrected chi connectivity index (χ2v) is 7.57. The highest BCUT2D eigenvalue weighted by atomic mass is 19.1. The van der Waals surface area contributed by atoms with E-state index in [1.807, 2.05) is 54.9 Å².